The van der Waals surface area contributed by atoms with Gasteiger partial charge in [-0.25, -0.2) is 4.79 Å². The van der Waals surface area contributed by atoms with Crippen molar-refractivity contribution in [3.63, 3.8) is 0 Å². The molecule has 2 rings (SSSR count). The third-order valence-electron chi connectivity index (χ3n) is 4.01. The van der Waals surface area contributed by atoms with E-state index in [0.717, 1.165) is 31.8 Å². The molecular formula is C14H25N3O3. The summed E-state index contributed by atoms with van der Waals surface area (Å²) in [5.74, 6) is -0.518. The Hall–Kier alpha value is -1.30. The van der Waals surface area contributed by atoms with Crippen LogP contribution in [-0.4, -0.2) is 54.2 Å². The first-order valence-corrected chi connectivity index (χ1v) is 7.63. The smallest absolute Gasteiger partial charge is 0.317 e. The molecule has 0 spiro atoms. The molecule has 0 unspecified atom stereocenters. The molecule has 1 saturated heterocycles. The summed E-state index contributed by atoms with van der Waals surface area (Å²) in [7, 11) is 0. The highest BCUT2D eigenvalue weighted by molar-refractivity contribution is 5.74. The second-order valence-electron chi connectivity index (χ2n) is 5.84. The van der Waals surface area contributed by atoms with Crippen molar-refractivity contribution in [2.24, 2.45) is 5.92 Å². The number of piperidine rings is 1. The number of rotatable bonds is 7. The standard InChI is InChI=1S/C14H25N3O3/c18-13(19)10-11-4-8-17(9-5-11)14(20)16-7-1-6-15-12-2-3-12/h11-12,15H,1-10H2,(H,16,20)(H,18,19). The summed E-state index contributed by atoms with van der Waals surface area (Å²) in [5, 5.41) is 15.1. The fourth-order valence-corrected chi connectivity index (χ4v) is 2.58. The number of nitrogens with zero attached hydrogens (tertiary/aromatic N) is 1. The van der Waals surface area contributed by atoms with Crippen LogP contribution >= 0.6 is 0 Å². The normalized spacial score (nSPS) is 19.9. The van der Waals surface area contributed by atoms with Crippen LogP contribution in [0.25, 0.3) is 0 Å². The van der Waals surface area contributed by atoms with Crippen molar-refractivity contribution in [2.45, 2.75) is 44.6 Å². The van der Waals surface area contributed by atoms with Gasteiger partial charge in [0, 0.05) is 32.1 Å². The van der Waals surface area contributed by atoms with Gasteiger partial charge in [0.25, 0.3) is 0 Å². The van der Waals surface area contributed by atoms with E-state index in [0.29, 0.717) is 19.6 Å². The minimum absolute atomic E-state index is 0.00908. The Bertz CT molecular complexity index is 337. The molecule has 2 aliphatic rings. The van der Waals surface area contributed by atoms with Crippen molar-refractivity contribution in [2.75, 3.05) is 26.2 Å². The number of carbonyl (C=O) groups is 2. The zero-order valence-corrected chi connectivity index (χ0v) is 11.9. The van der Waals surface area contributed by atoms with Gasteiger partial charge in [0.1, 0.15) is 0 Å². The number of carboxylic acid groups (broad SMARTS) is 1. The van der Waals surface area contributed by atoms with Crippen LogP contribution in [0.3, 0.4) is 0 Å². The highest BCUT2D eigenvalue weighted by atomic mass is 16.4. The van der Waals surface area contributed by atoms with Crippen molar-refractivity contribution in [3.05, 3.63) is 0 Å². The molecule has 6 nitrogen and oxygen atoms in total. The molecule has 2 amide bonds. The number of likely N-dealkylation sites (tertiary alicyclic amines) is 1. The average Bonchev–Trinajstić information content (AvgIpc) is 3.22. The lowest BCUT2D eigenvalue weighted by molar-refractivity contribution is -0.138. The summed E-state index contributed by atoms with van der Waals surface area (Å²) < 4.78 is 0. The van der Waals surface area contributed by atoms with E-state index in [9.17, 15) is 9.59 Å². The average molecular weight is 283 g/mol. The highest BCUT2D eigenvalue weighted by Crippen LogP contribution is 2.20. The third kappa shape index (κ3) is 5.36. The number of aliphatic carboxylic acids is 1. The maximum atomic E-state index is 11.9. The van der Waals surface area contributed by atoms with Crippen LogP contribution in [0.4, 0.5) is 4.79 Å². The summed E-state index contributed by atoms with van der Waals surface area (Å²) in [4.78, 5) is 24.4. The Morgan fingerprint density at radius 2 is 1.80 bits per heavy atom. The molecule has 1 saturated carbocycles. The number of hydrogen-bond donors (Lipinski definition) is 3. The first kappa shape index (κ1) is 15.1. The van der Waals surface area contributed by atoms with E-state index in [4.69, 9.17) is 5.11 Å². The Morgan fingerprint density at radius 1 is 1.10 bits per heavy atom. The van der Waals surface area contributed by atoms with Gasteiger partial charge in [0.05, 0.1) is 0 Å². The number of hydrogen-bond acceptors (Lipinski definition) is 3. The number of amides is 2. The van der Waals surface area contributed by atoms with Crippen molar-refractivity contribution in [1.29, 1.82) is 0 Å². The Kier molecular flexibility index (Phi) is 5.64. The first-order chi connectivity index (χ1) is 9.65. The molecule has 0 aromatic heterocycles. The summed E-state index contributed by atoms with van der Waals surface area (Å²) in [6, 6.07) is 0.712. The minimum atomic E-state index is -0.740. The monoisotopic (exact) mass is 283 g/mol. The van der Waals surface area contributed by atoms with E-state index in [1.54, 1.807) is 4.90 Å². The summed E-state index contributed by atoms with van der Waals surface area (Å²) in [6.07, 6.45) is 5.35. The summed E-state index contributed by atoms with van der Waals surface area (Å²) >= 11 is 0. The molecule has 0 aromatic carbocycles. The molecule has 1 aliphatic carbocycles. The van der Waals surface area contributed by atoms with Crippen LogP contribution in [0.1, 0.15) is 38.5 Å². The maximum absolute atomic E-state index is 11.9. The van der Waals surface area contributed by atoms with Crippen LogP contribution in [-0.2, 0) is 4.79 Å². The van der Waals surface area contributed by atoms with Gasteiger partial charge in [-0.15, -0.1) is 0 Å². The van der Waals surface area contributed by atoms with Gasteiger partial charge in [-0.2, -0.15) is 0 Å². The Labute approximate surface area is 119 Å². The maximum Gasteiger partial charge on any atom is 0.317 e. The zero-order valence-electron chi connectivity index (χ0n) is 11.9. The zero-order chi connectivity index (χ0) is 14.4. The van der Waals surface area contributed by atoms with Crippen LogP contribution in [0.5, 0.6) is 0 Å². The lowest BCUT2D eigenvalue weighted by Gasteiger charge is -2.31. The largest absolute Gasteiger partial charge is 0.481 e. The lowest BCUT2D eigenvalue weighted by Crippen LogP contribution is -2.45. The Morgan fingerprint density at radius 3 is 2.40 bits per heavy atom. The van der Waals surface area contributed by atoms with Gasteiger partial charge in [-0.1, -0.05) is 0 Å². The molecule has 0 atom stereocenters. The van der Waals surface area contributed by atoms with E-state index in [2.05, 4.69) is 10.6 Å². The van der Waals surface area contributed by atoms with Gasteiger partial charge in [0.15, 0.2) is 0 Å². The molecule has 0 radical (unpaired) electrons. The van der Waals surface area contributed by atoms with Crippen LogP contribution in [0.2, 0.25) is 0 Å². The van der Waals surface area contributed by atoms with Crippen molar-refractivity contribution >= 4 is 12.0 Å². The van der Waals surface area contributed by atoms with E-state index in [1.165, 1.54) is 12.8 Å². The van der Waals surface area contributed by atoms with Crippen LogP contribution < -0.4 is 10.6 Å². The van der Waals surface area contributed by atoms with E-state index >= 15 is 0 Å². The van der Waals surface area contributed by atoms with Gasteiger partial charge in [-0.05, 0) is 44.6 Å². The summed E-state index contributed by atoms with van der Waals surface area (Å²) in [5.41, 5.74) is 0. The predicted octanol–water partition coefficient (Wildman–Crippen LogP) is 1.02. The van der Waals surface area contributed by atoms with Gasteiger partial charge >= 0.3 is 12.0 Å². The minimum Gasteiger partial charge on any atom is -0.481 e. The molecule has 1 aliphatic heterocycles. The lowest BCUT2D eigenvalue weighted by atomic mass is 9.94. The molecule has 1 heterocycles. The van der Waals surface area contributed by atoms with Crippen molar-refractivity contribution < 1.29 is 14.7 Å². The van der Waals surface area contributed by atoms with Crippen LogP contribution in [0.15, 0.2) is 0 Å². The van der Waals surface area contributed by atoms with E-state index in [-0.39, 0.29) is 18.4 Å². The number of carbonyl (C=O) groups excluding carboxylic acids is 1. The Balaban J connectivity index is 1.53. The molecule has 0 aromatic rings. The predicted molar refractivity (Wildman–Crippen MR) is 75.6 cm³/mol. The fourth-order valence-electron chi connectivity index (χ4n) is 2.58. The first-order valence-electron chi connectivity index (χ1n) is 7.63. The number of urea groups is 1. The fraction of sp³-hybridized carbons (Fsp3) is 0.857. The van der Waals surface area contributed by atoms with Gasteiger partial charge in [-0.3, -0.25) is 4.79 Å². The molecule has 114 valence electrons. The molecule has 20 heavy (non-hydrogen) atoms. The quantitative estimate of drug-likeness (QED) is 0.609. The van der Waals surface area contributed by atoms with Gasteiger partial charge in [0.2, 0.25) is 0 Å². The third-order valence-corrected chi connectivity index (χ3v) is 4.01. The number of nitrogens with one attached hydrogen (secondary N) is 2. The molecule has 6 heteroatoms. The van der Waals surface area contributed by atoms with Crippen LogP contribution in [0, 0.1) is 5.92 Å². The van der Waals surface area contributed by atoms with E-state index in [1.807, 2.05) is 0 Å². The molecule has 2 fully saturated rings. The molecular weight excluding hydrogens is 258 g/mol. The van der Waals surface area contributed by atoms with Gasteiger partial charge < -0.3 is 20.6 Å². The van der Waals surface area contributed by atoms with Crippen molar-refractivity contribution in [1.82, 2.24) is 15.5 Å². The SMILES string of the molecule is O=C(O)CC1CCN(C(=O)NCCCNC2CC2)CC1. The topological polar surface area (TPSA) is 81.7 Å². The molecule has 3 N–H and O–H groups in total. The molecule has 0 bridgehead atoms. The van der Waals surface area contributed by atoms with E-state index < -0.39 is 5.97 Å². The second kappa shape index (κ2) is 7.47. The summed E-state index contributed by atoms with van der Waals surface area (Å²) in [6.45, 7) is 3.01. The number of carboxylic acids is 1. The second-order valence-corrected chi connectivity index (χ2v) is 5.84. The highest BCUT2D eigenvalue weighted by Gasteiger charge is 2.24. The van der Waals surface area contributed by atoms with Crippen molar-refractivity contribution in [3.8, 4) is 0 Å².